The lowest BCUT2D eigenvalue weighted by molar-refractivity contribution is 0.598. The van der Waals surface area contributed by atoms with Crippen LogP contribution in [-0.2, 0) is 0 Å². The number of halogens is 3. The second-order valence-corrected chi connectivity index (χ2v) is 4.36. The number of alkyl halides is 1. The molecule has 0 bridgehead atoms. The second-order valence-electron chi connectivity index (χ2n) is 2.92. The van der Waals surface area contributed by atoms with Gasteiger partial charge < -0.3 is 0 Å². The van der Waals surface area contributed by atoms with Gasteiger partial charge in [0.15, 0.2) is 0 Å². The molecule has 1 aromatic rings. The van der Waals surface area contributed by atoms with Crippen molar-refractivity contribution in [3.05, 3.63) is 34.1 Å². The van der Waals surface area contributed by atoms with Crippen LogP contribution in [0.1, 0.15) is 30.7 Å². The molecule has 1 aromatic carbocycles. The van der Waals surface area contributed by atoms with Crippen LogP contribution in [0.3, 0.4) is 0 Å². The summed E-state index contributed by atoms with van der Waals surface area (Å²) in [5.74, 6) is -0.225. The molecule has 0 radical (unpaired) electrons. The van der Waals surface area contributed by atoms with Crippen LogP contribution in [-0.4, -0.2) is 0 Å². The van der Waals surface area contributed by atoms with Gasteiger partial charge in [-0.2, -0.15) is 0 Å². The highest BCUT2D eigenvalue weighted by molar-refractivity contribution is 9.10. The molecule has 0 spiro atoms. The van der Waals surface area contributed by atoms with E-state index in [4.69, 9.17) is 11.6 Å². The third-order valence-corrected chi connectivity index (χ3v) is 2.78. The molecule has 1 atom stereocenters. The Hall–Kier alpha value is -0.0800. The van der Waals surface area contributed by atoms with Gasteiger partial charge in [-0.05, 0) is 24.6 Å². The maximum absolute atomic E-state index is 13.2. The van der Waals surface area contributed by atoms with E-state index in [0.717, 1.165) is 17.3 Å². The van der Waals surface area contributed by atoms with Gasteiger partial charge >= 0.3 is 0 Å². The molecule has 0 aromatic heterocycles. The number of rotatable bonds is 3. The highest BCUT2D eigenvalue weighted by Gasteiger charge is 2.11. The molecule has 0 amide bonds. The molecule has 0 N–H and O–H groups in total. The summed E-state index contributed by atoms with van der Waals surface area (Å²) >= 11 is 9.31. The van der Waals surface area contributed by atoms with E-state index in [-0.39, 0.29) is 11.2 Å². The minimum Gasteiger partial charge on any atom is -0.207 e. The Morgan fingerprint density at radius 2 is 2.23 bits per heavy atom. The Bertz CT molecular complexity index is 288. The van der Waals surface area contributed by atoms with Gasteiger partial charge in [-0.3, -0.25) is 0 Å². The van der Waals surface area contributed by atoms with Crippen LogP contribution in [0.15, 0.2) is 22.7 Å². The number of benzene rings is 1. The van der Waals surface area contributed by atoms with E-state index in [9.17, 15) is 4.39 Å². The maximum atomic E-state index is 13.2. The van der Waals surface area contributed by atoms with Gasteiger partial charge in [0, 0.05) is 10.0 Å². The van der Waals surface area contributed by atoms with E-state index in [1.165, 1.54) is 6.07 Å². The summed E-state index contributed by atoms with van der Waals surface area (Å²) in [6, 6.07) is 4.85. The first-order valence-corrected chi connectivity index (χ1v) is 5.47. The van der Waals surface area contributed by atoms with E-state index >= 15 is 0 Å². The van der Waals surface area contributed by atoms with E-state index < -0.39 is 0 Å². The smallest absolute Gasteiger partial charge is 0.127 e. The lowest BCUT2D eigenvalue weighted by atomic mass is 10.1. The Kier molecular flexibility index (Phi) is 4.20. The van der Waals surface area contributed by atoms with Crippen LogP contribution in [0.5, 0.6) is 0 Å². The molecule has 0 heterocycles. The molecule has 0 saturated carbocycles. The van der Waals surface area contributed by atoms with Crippen molar-refractivity contribution in [2.24, 2.45) is 0 Å². The molecule has 1 unspecified atom stereocenters. The zero-order chi connectivity index (χ0) is 9.84. The molecular formula is C10H11BrClF. The van der Waals surface area contributed by atoms with Crippen molar-refractivity contribution < 1.29 is 4.39 Å². The predicted molar refractivity (Wildman–Crippen MR) is 57.6 cm³/mol. The Morgan fingerprint density at radius 1 is 1.54 bits per heavy atom. The third-order valence-electron chi connectivity index (χ3n) is 1.84. The molecule has 0 nitrogen and oxygen atoms in total. The standard InChI is InChI=1S/C10H11BrClF/c1-2-3-9(12)8-6-7(11)4-5-10(8)13/h4-6,9H,2-3H2,1H3. The van der Waals surface area contributed by atoms with Crippen molar-refractivity contribution >= 4 is 27.5 Å². The quantitative estimate of drug-likeness (QED) is 0.697. The Balaban J connectivity index is 2.91. The van der Waals surface area contributed by atoms with Crippen molar-refractivity contribution in [1.82, 2.24) is 0 Å². The van der Waals surface area contributed by atoms with Crippen LogP contribution < -0.4 is 0 Å². The van der Waals surface area contributed by atoms with Crippen LogP contribution in [0.2, 0.25) is 0 Å². The molecule has 0 aliphatic heterocycles. The van der Waals surface area contributed by atoms with Crippen molar-refractivity contribution in [1.29, 1.82) is 0 Å². The fraction of sp³-hybridized carbons (Fsp3) is 0.400. The number of hydrogen-bond acceptors (Lipinski definition) is 0. The van der Waals surface area contributed by atoms with E-state index in [0.29, 0.717) is 5.56 Å². The molecule has 1 rings (SSSR count). The Morgan fingerprint density at radius 3 is 2.85 bits per heavy atom. The van der Waals surface area contributed by atoms with Gasteiger partial charge in [-0.1, -0.05) is 29.3 Å². The van der Waals surface area contributed by atoms with Crippen molar-refractivity contribution in [2.75, 3.05) is 0 Å². The highest BCUT2D eigenvalue weighted by Crippen LogP contribution is 2.29. The van der Waals surface area contributed by atoms with Crippen LogP contribution >= 0.6 is 27.5 Å². The molecule has 13 heavy (non-hydrogen) atoms. The van der Waals surface area contributed by atoms with E-state index in [1.807, 2.05) is 6.92 Å². The summed E-state index contributed by atoms with van der Waals surface area (Å²) in [5.41, 5.74) is 0.581. The molecular weight excluding hydrogens is 254 g/mol. The Labute approximate surface area is 91.2 Å². The normalized spacial score (nSPS) is 12.9. The summed E-state index contributed by atoms with van der Waals surface area (Å²) in [7, 11) is 0. The SMILES string of the molecule is CCCC(Cl)c1cc(Br)ccc1F. The van der Waals surface area contributed by atoms with E-state index in [1.54, 1.807) is 12.1 Å². The fourth-order valence-electron chi connectivity index (χ4n) is 1.16. The minimum atomic E-state index is -0.225. The first kappa shape index (κ1) is 11.0. The first-order valence-electron chi connectivity index (χ1n) is 4.24. The van der Waals surface area contributed by atoms with Gasteiger partial charge in [0.25, 0.3) is 0 Å². The monoisotopic (exact) mass is 264 g/mol. The van der Waals surface area contributed by atoms with Crippen LogP contribution in [0.25, 0.3) is 0 Å². The van der Waals surface area contributed by atoms with E-state index in [2.05, 4.69) is 15.9 Å². The third kappa shape index (κ3) is 2.96. The number of hydrogen-bond donors (Lipinski definition) is 0. The minimum absolute atomic E-state index is 0.220. The van der Waals surface area contributed by atoms with Crippen LogP contribution in [0.4, 0.5) is 4.39 Å². The average molecular weight is 266 g/mol. The molecule has 0 saturated heterocycles. The fourth-order valence-corrected chi connectivity index (χ4v) is 1.93. The molecule has 0 fully saturated rings. The lowest BCUT2D eigenvalue weighted by Gasteiger charge is -2.09. The van der Waals surface area contributed by atoms with Crippen molar-refractivity contribution in [3.8, 4) is 0 Å². The lowest BCUT2D eigenvalue weighted by Crippen LogP contribution is -1.94. The van der Waals surface area contributed by atoms with Gasteiger partial charge in [0.2, 0.25) is 0 Å². The van der Waals surface area contributed by atoms with Gasteiger partial charge in [0.05, 0.1) is 5.38 Å². The van der Waals surface area contributed by atoms with Gasteiger partial charge in [-0.25, -0.2) is 4.39 Å². The highest BCUT2D eigenvalue weighted by atomic mass is 79.9. The van der Waals surface area contributed by atoms with Gasteiger partial charge in [0.1, 0.15) is 5.82 Å². The zero-order valence-corrected chi connectivity index (χ0v) is 9.70. The summed E-state index contributed by atoms with van der Waals surface area (Å²) in [6.07, 6.45) is 1.76. The summed E-state index contributed by atoms with van der Waals surface area (Å²) < 4.78 is 14.1. The summed E-state index contributed by atoms with van der Waals surface area (Å²) in [4.78, 5) is 0. The summed E-state index contributed by atoms with van der Waals surface area (Å²) in [6.45, 7) is 2.03. The van der Waals surface area contributed by atoms with Crippen molar-refractivity contribution in [2.45, 2.75) is 25.1 Å². The zero-order valence-electron chi connectivity index (χ0n) is 7.36. The predicted octanol–water partition coefficient (Wildman–Crippen LogP) is 4.67. The van der Waals surface area contributed by atoms with Crippen LogP contribution in [0, 0.1) is 5.82 Å². The first-order chi connectivity index (χ1) is 6.15. The second kappa shape index (κ2) is 4.97. The topological polar surface area (TPSA) is 0 Å². The van der Waals surface area contributed by atoms with Gasteiger partial charge in [-0.15, -0.1) is 11.6 Å². The largest absolute Gasteiger partial charge is 0.207 e. The van der Waals surface area contributed by atoms with Crippen molar-refractivity contribution in [3.63, 3.8) is 0 Å². The maximum Gasteiger partial charge on any atom is 0.127 e. The average Bonchev–Trinajstić information content (AvgIpc) is 2.09. The molecule has 0 aliphatic carbocycles. The molecule has 72 valence electrons. The summed E-state index contributed by atoms with van der Waals surface area (Å²) in [5, 5.41) is -0.220. The molecule has 3 heteroatoms. The molecule has 0 aliphatic rings.